The molecule has 0 spiro atoms. The Morgan fingerprint density at radius 3 is 2.87 bits per heavy atom. The van der Waals surface area contributed by atoms with E-state index in [0.717, 1.165) is 17.2 Å². The Hall–Kier alpha value is -2.21. The number of ether oxygens (including phenoxy) is 2. The Kier molecular flexibility index (Phi) is 5.02. The smallest absolute Gasteiger partial charge is 0.255 e. The summed E-state index contributed by atoms with van der Waals surface area (Å²) < 4.78 is 11.2. The molecule has 120 valence electrons. The van der Waals surface area contributed by atoms with Crippen molar-refractivity contribution in [2.24, 2.45) is 0 Å². The van der Waals surface area contributed by atoms with E-state index in [4.69, 9.17) is 9.47 Å². The fourth-order valence-electron chi connectivity index (χ4n) is 2.22. The molecule has 1 N–H and O–H groups in total. The molecular weight excluding hydrogens is 312 g/mol. The number of thioether (sulfide) groups is 1. The van der Waals surface area contributed by atoms with Gasteiger partial charge < -0.3 is 14.8 Å². The second-order valence-electron chi connectivity index (χ2n) is 4.98. The molecule has 0 saturated heterocycles. The number of nitrogens with zero attached hydrogens (tertiary/aromatic N) is 1. The van der Waals surface area contributed by atoms with Crippen LogP contribution in [0, 0.1) is 0 Å². The summed E-state index contributed by atoms with van der Waals surface area (Å²) in [6.07, 6.45) is 2.51. The first-order valence-corrected chi connectivity index (χ1v) is 8.54. The van der Waals surface area contributed by atoms with Gasteiger partial charge in [-0.3, -0.25) is 4.79 Å². The SMILES string of the molecule is CCSc1cc(C(=O)Nc2ccc3c(c2)OCCCO3)ccn1. The van der Waals surface area contributed by atoms with Crippen molar-refractivity contribution in [3.8, 4) is 11.5 Å². The first-order chi connectivity index (χ1) is 11.3. The van der Waals surface area contributed by atoms with Gasteiger partial charge in [-0.1, -0.05) is 6.92 Å². The molecule has 0 bridgehead atoms. The van der Waals surface area contributed by atoms with Crippen molar-refractivity contribution in [1.82, 2.24) is 4.98 Å². The molecule has 2 aromatic rings. The van der Waals surface area contributed by atoms with Gasteiger partial charge in [-0.25, -0.2) is 4.98 Å². The van der Waals surface area contributed by atoms with Crippen LogP contribution in [0.25, 0.3) is 0 Å². The molecule has 0 unspecified atom stereocenters. The van der Waals surface area contributed by atoms with E-state index in [2.05, 4.69) is 17.2 Å². The van der Waals surface area contributed by atoms with Gasteiger partial charge in [-0.05, 0) is 30.0 Å². The zero-order chi connectivity index (χ0) is 16.1. The van der Waals surface area contributed by atoms with E-state index in [1.807, 2.05) is 12.1 Å². The minimum atomic E-state index is -0.167. The van der Waals surface area contributed by atoms with Crippen molar-refractivity contribution in [3.63, 3.8) is 0 Å². The first kappa shape index (κ1) is 15.7. The molecule has 1 aliphatic rings. The lowest BCUT2D eigenvalue weighted by Crippen LogP contribution is -2.12. The zero-order valence-electron chi connectivity index (χ0n) is 12.9. The fourth-order valence-corrected chi connectivity index (χ4v) is 2.86. The summed E-state index contributed by atoms with van der Waals surface area (Å²) >= 11 is 1.61. The van der Waals surface area contributed by atoms with Gasteiger partial charge in [0.2, 0.25) is 0 Å². The topological polar surface area (TPSA) is 60.5 Å². The van der Waals surface area contributed by atoms with Crippen molar-refractivity contribution in [1.29, 1.82) is 0 Å². The minimum Gasteiger partial charge on any atom is -0.490 e. The Balaban J connectivity index is 1.75. The minimum absolute atomic E-state index is 0.167. The second kappa shape index (κ2) is 7.37. The number of anilines is 1. The van der Waals surface area contributed by atoms with Crippen LogP contribution in [0.4, 0.5) is 5.69 Å². The lowest BCUT2D eigenvalue weighted by Gasteiger charge is -2.10. The highest BCUT2D eigenvalue weighted by molar-refractivity contribution is 7.99. The molecule has 3 rings (SSSR count). The molecule has 0 atom stereocenters. The Morgan fingerprint density at radius 2 is 2.04 bits per heavy atom. The second-order valence-corrected chi connectivity index (χ2v) is 6.27. The molecule has 23 heavy (non-hydrogen) atoms. The van der Waals surface area contributed by atoms with Crippen LogP contribution in [0.3, 0.4) is 0 Å². The predicted octanol–water partition coefficient (Wildman–Crippen LogP) is 3.61. The van der Waals surface area contributed by atoms with E-state index in [9.17, 15) is 4.79 Å². The molecule has 0 aliphatic carbocycles. The quantitative estimate of drug-likeness (QED) is 0.868. The maximum atomic E-state index is 12.4. The van der Waals surface area contributed by atoms with Gasteiger partial charge in [0.05, 0.1) is 18.2 Å². The predicted molar refractivity (Wildman–Crippen MR) is 90.6 cm³/mol. The van der Waals surface area contributed by atoms with Crippen LogP contribution in [0.5, 0.6) is 11.5 Å². The van der Waals surface area contributed by atoms with Gasteiger partial charge in [0, 0.05) is 29.9 Å². The largest absolute Gasteiger partial charge is 0.490 e. The Bertz CT molecular complexity index is 706. The van der Waals surface area contributed by atoms with Crippen LogP contribution in [0.2, 0.25) is 0 Å². The van der Waals surface area contributed by atoms with Gasteiger partial charge in [-0.15, -0.1) is 11.8 Å². The number of carbonyl (C=O) groups excluding carboxylic acids is 1. The standard InChI is InChI=1S/C17H18N2O3S/c1-2-23-16-10-12(6-7-18-16)17(20)19-13-4-5-14-15(11-13)22-9-3-8-21-14/h4-7,10-11H,2-3,8-9H2,1H3,(H,19,20). The Morgan fingerprint density at radius 1 is 1.22 bits per heavy atom. The average molecular weight is 330 g/mol. The third-order valence-corrected chi connectivity index (χ3v) is 4.10. The van der Waals surface area contributed by atoms with E-state index >= 15 is 0 Å². The first-order valence-electron chi connectivity index (χ1n) is 7.56. The average Bonchev–Trinajstić information content (AvgIpc) is 2.80. The lowest BCUT2D eigenvalue weighted by molar-refractivity contribution is 0.102. The molecule has 0 radical (unpaired) electrons. The van der Waals surface area contributed by atoms with Crippen LogP contribution in [-0.2, 0) is 0 Å². The third kappa shape index (κ3) is 3.96. The number of amides is 1. The van der Waals surface area contributed by atoms with Gasteiger partial charge in [0.15, 0.2) is 11.5 Å². The number of rotatable bonds is 4. The van der Waals surface area contributed by atoms with Gasteiger partial charge in [0.1, 0.15) is 0 Å². The van der Waals surface area contributed by atoms with Crippen LogP contribution in [-0.4, -0.2) is 29.9 Å². The monoisotopic (exact) mass is 330 g/mol. The van der Waals surface area contributed by atoms with Crippen LogP contribution in [0.1, 0.15) is 23.7 Å². The van der Waals surface area contributed by atoms with Crippen LogP contribution < -0.4 is 14.8 Å². The summed E-state index contributed by atoms with van der Waals surface area (Å²) in [6, 6.07) is 8.93. The molecule has 5 nitrogen and oxygen atoms in total. The summed E-state index contributed by atoms with van der Waals surface area (Å²) in [4.78, 5) is 16.6. The number of fused-ring (bicyclic) bond motifs is 1. The van der Waals surface area contributed by atoms with Crippen molar-refractivity contribution >= 4 is 23.4 Å². The molecular formula is C17H18N2O3S. The summed E-state index contributed by atoms with van der Waals surface area (Å²) in [5.74, 6) is 2.13. The van der Waals surface area contributed by atoms with Gasteiger partial charge in [-0.2, -0.15) is 0 Å². The number of benzene rings is 1. The molecule has 0 fully saturated rings. The van der Waals surface area contributed by atoms with Crippen molar-refractivity contribution < 1.29 is 14.3 Å². The number of aromatic nitrogens is 1. The maximum absolute atomic E-state index is 12.4. The van der Waals surface area contributed by atoms with Crippen molar-refractivity contribution in [3.05, 3.63) is 42.1 Å². The molecule has 1 aromatic heterocycles. The summed E-state index contributed by atoms with van der Waals surface area (Å²) in [6.45, 7) is 3.32. The molecule has 1 aromatic carbocycles. The highest BCUT2D eigenvalue weighted by Gasteiger charge is 2.13. The number of pyridine rings is 1. The van der Waals surface area contributed by atoms with Crippen LogP contribution in [0.15, 0.2) is 41.6 Å². The van der Waals surface area contributed by atoms with E-state index in [1.54, 1.807) is 36.2 Å². The molecule has 0 saturated carbocycles. The van der Waals surface area contributed by atoms with Gasteiger partial charge >= 0.3 is 0 Å². The third-order valence-electron chi connectivity index (χ3n) is 3.29. The fraction of sp³-hybridized carbons (Fsp3) is 0.294. The highest BCUT2D eigenvalue weighted by atomic mass is 32.2. The Labute approximate surface area is 139 Å². The number of nitrogens with one attached hydrogen (secondary N) is 1. The lowest BCUT2D eigenvalue weighted by atomic mass is 10.2. The summed E-state index contributed by atoms with van der Waals surface area (Å²) in [7, 11) is 0. The van der Waals surface area contributed by atoms with E-state index in [-0.39, 0.29) is 5.91 Å². The summed E-state index contributed by atoms with van der Waals surface area (Å²) in [5, 5.41) is 3.73. The number of carbonyl (C=O) groups is 1. The van der Waals surface area contributed by atoms with Gasteiger partial charge in [0.25, 0.3) is 5.91 Å². The number of hydrogen-bond acceptors (Lipinski definition) is 5. The molecule has 1 aliphatic heterocycles. The van der Waals surface area contributed by atoms with E-state index < -0.39 is 0 Å². The maximum Gasteiger partial charge on any atom is 0.255 e. The normalized spacial score (nSPS) is 13.3. The van der Waals surface area contributed by atoms with Crippen molar-refractivity contribution in [2.75, 3.05) is 24.3 Å². The van der Waals surface area contributed by atoms with E-state index in [1.165, 1.54) is 0 Å². The summed E-state index contributed by atoms with van der Waals surface area (Å²) in [5.41, 5.74) is 1.27. The highest BCUT2D eigenvalue weighted by Crippen LogP contribution is 2.32. The van der Waals surface area contributed by atoms with E-state index in [0.29, 0.717) is 36.0 Å². The van der Waals surface area contributed by atoms with Crippen LogP contribution >= 0.6 is 11.8 Å². The molecule has 1 amide bonds. The number of hydrogen-bond donors (Lipinski definition) is 1. The van der Waals surface area contributed by atoms with Crippen molar-refractivity contribution in [2.45, 2.75) is 18.4 Å². The molecule has 2 heterocycles. The zero-order valence-corrected chi connectivity index (χ0v) is 13.7. The molecule has 6 heteroatoms.